The van der Waals surface area contributed by atoms with E-state index in [4.69, 9.17) is 18.3 Å². The lowest BCUT2D eigenvalue weighted by atomic mass is 10.1. The van der Waals surface area contributed by atoms with E-state index < -0.39 is 5.97 Å². The summed E-state index contributed by atoms with van der Waals surface area (Å²) in [5.41, 5.74) is 2.01. The molecule has 0 unspecified atom stereocenters. The van der Waals surface area contributed by atoms with Gasteiger partial charge in [-0.3, -0.25) is 0 Å². The number of ether oxygens (including phenoxy) is 2. The van der Waals surface area contributed by atoms with Gasteiger partial charge >= 0.3 is 5.97 Å². The SMILES string of the molecule is Cc1ccc(C)c(OCC(=O)OCc2nnc(-c3ccco3)o2)c1. The van der Waals surface area contributed by atoms with Crippen molar-refractivity contribution < 1.29 is 23.1 Å². The largest absolute Gasteiger partial charge is 0.482 e. The summed E-state index contributed by atoms with van der Waals surface area (Å²) in [5.74, 6) is 1.01. The van der Waals surface area contributed by atoms with Crippen LogP contribution in [-0.2, 0) is 16.1 Å². The quantitative estimate of drug-likeness (QED) is 0.642. The lowest BCUT2D eigenvalue weighted by molar-refractivity contribution is -0.148. The van der Waals surface area contributed by atoms with Gasteiger partial charge in [0.15, 0.2) is 19.0 Å². The fourth-order valence-corrected chi connectivity index (χ4v) is 2.00. The minimum atomic E-state index is -0.520. The van der Waals surface area contributed by atoms with Crippen molar-refractivity contribution in [2.45, 2.75) is 20.5 Å². The molecular formula is C17H16N2O5. The Hall–Kier alpha value is -3.09. The number of aromatic nitrogens is 2. The second-order valence-corrected chi connectivity index (χ2v) is 5.20. The minimum Gasteiger partial charge on any atom is -0.482 e. The zero-order chi connectivity index (χ0) is 16.9. The zero-order valence-corrected chi connectivity index (χ0v) is 13.3. The van der Waals surface area contributed by atoms with Crippen molar-refractivity contribution in [2.24, 2.45) is 0 Å². The predicted octanol–water partition coefficient (Wildman–Crippen LogP) is 3.07. The number of hydrogen-bond acceptors (Lipinski definition) is 7. The minimum absolute atomic E-state index is 0.122. The maximum Gasteiger partial charge on any atom is 0.344 e. The molecule has 0 N–H and O–H groups in total. The summed E-state index contributed by atoms with van der Waals surface area (Å²) in [6, 6.07) is 9.19. The summed E-state index contributed by atoms with van der Waals surface area (Å²) >= 11 is 0. The first-order valence-corrected chi connectivity index (χ1v) is 7.34. The van der Waals surface area contributed by atoms with Gasteiger partial charge in [-0.1, -0.05) is 12.1 Å². The number of aryl methyl sites for hydroxylation is 2. The van der Waals surface area contributed by atoms with Crippen LogP contribution in [0, 0.1) is 13.8 Å². The molecule has 0 saturated carbocycles. The lowest BCUT2D eigenvalue weighted by Gasteiger charge is -2.09. The molecule has 2 heterocycles. The molecule has 0 saturated heterocycles. The van der Waals surface area contributed by atoms with E-state index in [9.17, 15) is 4.79 Å². The van der Waals surface area contributed by atoms with E-state index in [0.717, 1.165) is 11.1 Å². The molecule has 7 heteroatoms. The average Bonchev–Trinajstić information content (AvgIpc) is 3.24. The number of carbonyl (C=O) groups is 1. The summed E-state index contributed by atoms with van der Waals surface area (Å²) < 4.78 is 21.0. The highest BCUT2D eigenvalue weighted by Crippen LogP contribution is 2.19. The van der Waals surface area contributed by atoms with Crippen LogP contribution in [0.4, 0.5) is 0 Å². The molecule has 0 spiro atoms. The van der Waals surface area contributed by atoms with E-state index in [1.54, 1.807) is 12.1 Å². The lowest BCUT2D eigenvalue weighted by Crippen LogP contribution is -2.15. The molecule has 7 nitrogen and oxygen atoms in total. The first-order valence-electron chi connectivity index (χ1n) is 7.34. The van der Waals surface area contributed by atoms with Gasteiger partial charge in [0, 0.05) is 0 Å². The van der Waals surface area contributed by atoms with Crippen LogP contribution in [0.25, 0.3) is 11.7 Å². The van der Waals surface area contributed by atoms with E-state index in [2.05, 4.69) is 10.2 Å². The average molecular weight is 328 g/mol. The molecule has 0 radical (unpaired) electrons. The zero-order valence-electron chi connectivity index (χ0n) is 13.3. The second-order valence-electron chi connectivity index (χ2n) is 5.20. The highest BCUT2D eigenvalue weighted by atomic mass is 16.6. The fourth-order valence-electron chi connectivity index (χ4n) is 2.00. The first-order chi connectivity index (χ1) is 11.6. The monoisotopic (exact) mass is 328 g/mol. The molecular weight excluding hydrogens is 312 g/mol. The number of carbonyl (C=O) groups excluding carboxylic acids is 1. The number of rotatable bonds is 6. The number of furan rings is 1. The Bertz CT molecular complexity index is 823. The first kappa shape index (κ1) is 15.8. The van der Waals surface area contributed by atoms with Crippen molar-refractivity contribution in [1.29, 1.82) is 0 Å². The van der Waals surface area contributed by atoms with Gasteiger partial charge in [-0.25, -0.2) is 4.79 Å². The Morgan fingerprint density at radius 3 is 2.88 bits per heavy atom. The van der Waals surface area contributed by atoms with Gasteiger partial charge in [0.1, 0.15) is 5.75 Å². The molecule has 2 aromatic heterocycles. The summed E-state index contributed by atoms with van der Waals surface area (Å²) in [6.07, 6.45) is 1.50. The Kier molecular flexibility index (Phi) is 4.60. The second kappa shape index (κ2) is 6.99. The van der Waals surface area contributed by atoms with Crippen molar-refractivity contribution in [3.63, 3.8) is 0 Å². The third-order valence-corrected chi connectivity index (χ3v) is 3.24. The number of esters is 1. The van der Waals surface area contributed by atoms with Gasteiger partial charge in [0.2, 0.25) is 0 Å². The van der Waals surface area contributed by atoms with E-state index in [1.165, 1.54) is 6.26 Å². The molecule has 0 amide bonds. The highest BCUT2D eigenvalue weighted by molar-refractivity contribution is 5.71. The number of hydrogen-bond donors (Lipinski definition) is 0. The van der Waals surface area contributed by atoms with Crippen LogP contribution in [0.1, 0.15) is 17.0 Å². The topological polar surface area (TPSA) is 87.6 Å². The summed E-state index contributed by atoms with van der Waals surface area (Å²) in [4.78, 5) is 11.8. The number of benzene rings is 1. The molecule has 0 aliphatic rings. The normalized spacial score (nSPS) is 10.6. The Labute approximate surface area is 138 Å². The van der Waals surface area contributed by atoms with E-state index >= 15 is 0 Å². The van der Waals surface area contributed by atoms with E-state index in [-0.39, 0.29) is 25.0 Å². The maximum absolute atomic E-state index is 11.8. The molecule has 3 aromatic rings. The van der Waals surface area contributed by atoms with Crippen LogP contribution < -0.4 is 4.74 Å². The molecule has 0 aliphatic carbocycles. The molecule has 3 rings (SSSR count). The van der Waals surface area contributed by atoms with Crippen molar-refractivity contribution in [2.75, 3.05) is 6.61 Å². The van der Waals surface area contributed by atoms with Crippen molar-refractivity contribution >= 4 is 5.97 Å². The molecule has 0 atom stereocenters. The van der Waals surface area contributed by atoms with Gasteiger partial charge in [-0.15, -0.1) is 10.2 Å². The third-order valence-electron chi connectivity index (χ3n) is 3.24. The molecule has 124 valence electrons. The fraction of sp³-hybridized carbons (Fsp3) is 0.235. The summed E-state index contributed by atoms with van der Waals surface area (Å²) in [6.45, 7) is 3.55. The third kappa shape index (κ3) is 3.81. The number of nitrogens with zero attached hydrogens (tertiary/aromatic N) is 2. The van der Waals surface area contributed by atoms with Crippen molar-refractivity contribution in [1.82, 2.24) is 10.2 Å². The van der Waals surface area contributed by atoms with E-state index in [0.29, 0.717) is 11.5 Å². The molecule has 0 fully saturated rings. The van der Waals surface area contributed by atoms with Crippen LogP contribution in [0.15, 0.2) is 45.4 Å². The van der Waals surface area contributed by atoms with Crippen LogP contribution >= 0.6 is 0 Å². The summed E-state index contributed by atoms with van der Waals surface area (Å²) in [7, 11) is 0. The van der Waals surface area contributed by atoms with Gasteiger partial charge < -0.3 is 18.3 Å². The van der Waals surface area contributed by atoms with Crippen LogP contribution in [-0.4, -0.2) is 22.8 Å². The molecule has 0 bridgehead atoms. The van der Waals surface area contributed by atoms with Crippen LogP contribution in [0.3, 0.4) is 0 Å². The van der Waals surface area contributed by atoms with Crippen LogP contribution in [0.5, 0.6) is 5.75 Å². The van der Waals surface area contributed by atoms with Crippen molar-refractivity contribution in [3.05, 3.63) is 53.6 Å². The standard InChI is InChI=1S/C17H16N2O5/c1-11-5-6-12(2)14(8-11)22-10-16(20)23-9-15-18-19-17(24-15)13-4-3-7-21-13/h3-8H,9-10H2,1-2H3. The van der Waals surface area contributed by atoms with Crippen molar-refractivity contribution in [3.8, 4) is 17.4 Å². The van der Waals surface area contributed by atoms with Gasteiger partial charge in [-0.2, -0.15) is 0 Å². The maximum atomic E-state index is 11.8. The van der Waals surface area contributed by atoms with E-state index in [1.807, 2.05) is 32.0 Å². The molecule has 0 aliphatic heterocycles. The smallest absolute Gasteiger partial charge is 0.344 e. The summed E-state index contributed by atoms with van der Waals surface area (Å²) in [5, 5.41) is 7.61. The Balaban J connectivity index is 1.50. The van der Waals surface area contributed by atoms with Gasteiger partial charge in [-0.05, 0) is 43.2 Å². The van der Waals surface area contributed by atoms with Gasteiger partial charge in [0.05, 0.1) is 6.26 Å². The Morgan fingerprint density at radius 1 is 1.21 bits per heavy atom. The highest BCUT2D eigenvalue weighted by Gasteiger charge is 2.13. The van der Waals surface area contributed by atoms with Gasteiger partial charge in [0.25, 0.3) is 11.8 Å². The van der Waals surface area contributed by atoms with Crippen LogP contribution in [0.2, 0.25) is 0 Å². The molecule has 1 aromatic carbocycles. The Morgan fingerprint density at radius 2 is 2.08 bits per heavy atom. The predicted molar refractivity (Wildman–Crippen MR) is 83.2 cm³/mol. The molecule has 24 heavy (non-hydrogen) atoms.